The average Bonchev–Trinajstić information content (AvgIpc) is 2.95. The number of hydrogen-bond donors (Lipinski definition) is 3. The standard InChI is InChI=1S/C18H22N2O6/c1-9(5-7-13(21)22)4-6-11-15(20-18(19)24)14-12(8-26-17(14)23)10(2)16(11)25-3/h4H,5-8H2,1-3H3,(H,21,22)(H3,19,20,24)/b9-4+. The Hall–Kier alpha value is -3.03. The molecular weight excluding hydrogens is 340 g/mol. The first-order valence-corrected chi connectivity index (χ1v) is 8.09. The summed E-state index contributed by atoms with van der Waals surface area (Å²) >= 11 is 0. The normalized spacial score (nSPS) is 13.2. The maximum Gasteiger partial charge on any atom is 0.341 e. The van der Waals surface area contributed by atoms with Crippen LogP contribution in [0.4, 0.5) is 10.5 Å². The third-order valence-electron chi connectivity index (χ3n) is 4.31. The number of nitrogens with two attached hydrogens (primary N) is 1. The Kier molecular flexibility index (Phi) is 5.86. The first-order valence-electron chi connectivity index (χ1n) is 8.09. The zero-order chi connectivity index (χ0) is 19.4. The molecule has 0 radical (unpaired) electrons. The van der Waals surface area contributed by atoms with Crippen molar-refractivity contribution in [2.24, 2.45) is 5.73 Å². The molecule has 8 heteroatoms. The van der Waals surface area contributed by atoms with E-state index in [-0.39, 0.29) is 24.3 Å². The van der Waals surface area contributed by atoms with Crippen LogP contribution in [0.3, 0.4) is 0 Å². The summed E-state index contributed by atoms with van der Waals surface area (Å²) in [5, 5.41) is 11.3. The number of cyclic esters (lactones) is 1. The molecule has 0 fully saturated rings. The van der Waals surface area contributed by atoms with Gasteiger partial charge in [0.1, 0.15) is 12.4 Å². The fraction of sp³-hybridized carbons (Fsp3) is 0.389. The van der Waals surface area contributed by atoms with E-state index in [0.717, 1.165) is 11.1 Å². The monoisotopic (exact) mass is 362 g/mol. The SMILES string of the molecule is COc1c(C)c2c(c(NC(N)=O)c1C/C=C(\C)CCC(=O)O)C(=O)OC2. The van der Waals surface area contributed by atoms with E-state index in [0.29, 0.717) is 29.7 Å². The quantitative estimate of drug-likeness (QED) is 0.505. The molecule has 8 nitrogen and oxygen atoms in total. The number of carboxylic acid groups (broad SMARTS) is 1. The van der Waals surface area contributed by atoms with Gasteiger partial charge in [-0.15, -0.1) is 0 Å². The van der Waals surface area contributed by atoms with Gasteiger partial charge in [-0.1, -0.05) is 11.6 Å². The first-order chi connectivity index (χ1) is 12.3. The molecule has 1 heterocycles. The van der Waals surface area contributed by atoms with Crippen LogP contribution in [-0.4, -0.2) is 30.2 Å². The molecule has 1 aromatic rings. The lowest BCUT2D eigenvalue weighted by Crippen LogP contribution is -2.22. The highest BCUT2D eigenvalue weighted by Gasteiger charge is 2.32. The summed E-state index contributed by atoms with van der Waals surface area (Å²) in [5.41, 5.74) is 8.73. The highest BCUT2D eigenvalue weighted by atomic mass is 16.5. The van der Waals surface area contributed by atoms with Crippen LogP contribution in [0.1, 0.15) is 46.8 Å². The molecule has 0 aliphatic carbocycles. The maximum atomic E-state index is 12.2. The number of urea groups is 1. The summed E-state index contributed by atoms with van der Waals surface area (Å²) in [5.74, 6) is -0.863. The van der Waals surface area contributed by atoms with Crippen LogP contribution in [0.15, 0.2) is 11.6 Å². The topological polar surface area (TPSA) is 128 Å². The Balaban J connectivity index is 2.52. The zero-order valence-corrected chi connectivity index (χ0v) is 15.0. The molecule has 0 saturated carbocycles. The number of primary amides is 1. The first kappa shape index (κ1) is 19.3. The molecule has 2 rings (SSSR count). The second kappa shape index (κ2) is 7.90. The van der Waals surface area contributed by atoms with Crippen LogP contribution in [0, 0.1) is 6.92 Å². The third kappa shape index (κ3) is 3.96. The molecule has 0 saturated heterocycles. The van der Waals surface area contributed by atoms with Crippen molar-refractivity contribution < 1.29 is 29.0 Å². The van der Waals surface area contributed by atoms with Crippen molar-refractivity contribution in [2.45, 2.75) is 39.7 Å². The van der Waals surface area contributed by atoms with Crippen LogP contribution in [0.2, 0.25) is 0 Å². The minimum atomic E-state index is -0.873. The molecule has 140 valence electrons. The summed E-state index contributed by atoms with van der Waals surface area (Å²) in [6.07, 6.45) is 2.62. The summed E-state index contributed by atoms with van der Waals surface area (Å²) in [6.45, 7) is 3.75. The van der Waals surface area contributed by atoms with E-state index in [1.165, 1.54) is 7.11 Å². The van der Waals surface area contributed by atoms with Crippen LogP contribution in [-0.2, 0) is 22.6 Å². The summed E-state index contributed by atoms with van der Waals surface area (Å²) < 4.78 is 10.6. The van der Waals surface area contributed by atoms with E-state index in [2.05, 4.69) is 5.32 Å². The number of hydrogen-bond acceptors (Lipinski definition) is 5. The molecule has 0 spiro atoms. The lowest BCUT2D eigenvalue weighted by atomic mass is 9.93. The van der Waals surface area contributed by atoms with Crippen LogP contribution < -0.4 is 15.8 Å². The Morgan fingerprint density at radius 1 is 1.38 bits per heavy atom. The minimum Gasteiger partial charge on any atom is -0.496 e. The van der Waals surface area contributed by atoms with Gasteiger partial charge in [0.05, 0.1) is 18.4 Å². The van der Waals surface area contributed by atoms with Gasteiger partial charge in [-0.05, 0) is 32.3 Å². The number of amides is 2. The van der Waals surface area contributed by atoms with Crippen LogP contribution in [0.25, 0.3) is 0 Å². The van der Waals surface area contributed by atoms with Crippen molar-refractivity contribution in [3.05, 3.63) is 33.9 Å². The van der Waals surface area contributed by atoms with Crippen LogP contribution >= 0.6 is 0 Å². The molecule has 1 aliphatic heterocycles. The van der Waals surface area contributed by atoms with Crippen molar-refractivity contribution >= 4 is 23.7 Å². The molecule has 2 amide bonds. The second-order valence-corrected chi connectivity index (χ2v) is 6.08. The van der Waals surface area contributed by atoms with Crippen molar-refractivity contribution in [1.82, 2.24) is 0 Å². The predicted molar refractivity (Wildman–Crippen MR) is 94.4 cm³/mol. The molecule has 26 heavy (non-hydrogen) atoms. The smallest absolute Gasteiger partial charge is 0.341 e. The maximum absolute atomic E-state index is 12.2. The number of esters is 1. The number of carbonyl (C=O) groups excluding carboxylic acids is 2. The molecule has 1 aromatic carbocycles. The molecule has 4 N–H and O–H groups in total. The number of ether oxygens (including phenoxy) is 2. The fourth-order valence-electron chi connectivity index (χ4n) is 3.00. The number of benzene rings is 1. The number of carboxylic acids is 1. The number of rotatable bonds is 7. The highest BCUT2D eigenvalue weighted by molar-refractivity contribution is 6.05. The van der Waals surface area contributed by atoms with E-state index in [9.17, 15) is 14.4 Å². The molecule has 1 aliphatic rings. The van der Waals surface area contributed by atoms with Gasteiger partial charge in [-0.3, -0.25) is 4.79 Å². The number of nitrogens with one attached hydrogen (secondary N) is 1. The van der Waals surface area contributed by atoms with E-state index in [1.54, 1.807) is 0 Å². The number of anilines is 1. The van der Waals surface area contributed by atoms with Crippen LogP contribution in [0.5, 0.6) is 5.75 Å². The Bertz CT molecular complexity index is 798. The summed E-state index contributed by atoms with van der Waals surface area (Å²) in [6, 6.07) is -0.800. The summed E-state index contributed by atoms with van der Waals surface area (Å²) in [7, 11) is 1.50. The number of aliphatic carboxylic acids is 1. The lowest BCUT2D eigenvalue weighted by Gasteiger charge is -2.19. The van der Waals surface area contributed by atoms with E-state index in [4.69, 9.17) is 20.3 Å². The Labute approximate surface area is 151 Å². The largest absolute Gasteiger partial charge is 0.496 e. The number of methoxy groups -OCH3 is 1. The van der Waals surface area contributed by atoms with Gasteiger partial charge in [0.2, 0.25) is 0 Å². The molecule has 0 atom stereocenters. The van der Waals surface area contributed by atoms with Gasteiger partial charge in [0.25, 0.3) is 0 Å². The average molecular weight is 362 g/mol. The van der Waals surface area contributed by atoms with Gasteiger partial charge >= 0.3 is 18.0 Å². The highest BCUT2D eigenvalue weighted by Crippen LogP contribution is 2.41. The molecule has 0 unspecified atom stereocenters. The van der Waals surface area contributed by atoms with Gasteiger partial charge in [0.15, 0.2) is 0 Å². The van der Waals surface area contributed by atoms with E-state index in [1.807, 2.05) is 19.9 Å². The van der Waals surface area contributed by atoms with Gasteiger partial charge < -0.3 is 25.6 Å². The van der Waals surface area contributed by atoms with Crippen molar-refractivity contribution in [1.29, 1.82) is 0 Å². The number of allylic oxidation sites excluding steroid dienone is 2. The number of carbonyl (C=O) groups is 3. The lowest BCUT2D eigenvalue weighted by molar-refractivity contribution is -0.136. The zero-order valence-electron chi connectivity index (χ0n) is 15.0. The molecular formula is C18H22N2O6. The fourth-order valence-corrected chi connectivity index (χ4v) is 3.00. The summed E-state index contributed by atoms with van der Waals surface area (Å²) in [4.78, 5) is 34.3. The Morgan fingerprint density at radius 3 is 2.65 bits per heavy atom. The van der Waals surface area contributed by atoms with Crippen molar-refractivity contribution in [3.8, 4) is 5.75 Å². The third-order valence-corrected chi connectivity index (χ3v) is 4.31. The molecule has 0 aromatic heterocycles. The van der Waals surface area contributed by atoms with Gasteiger partial charge in [-0.25, -0.2) is 9.59 Å². The molecule has 0 bridgehead atoms. The Morgan fingerprint density at radius 2 is 2.08 bits per heavy atom. The van der Waals surface area contributed by atoms with E-state index >= 15 is 0 Å². The van der Waals surface area contributed by atoms with Crippen molar-refractivity contribution in [3.63, 3.8) is 0 Å². The second-order valence-electron chi connectivity index (χ2n) is 6.08. The van der Waals surface area contributed by atoms with Crippen molar-refractivity contribution in [2.75, 3.05) is 12.4 Å². The predicted octanol–water partition coefficient (Wildman–Crippen LogP) is 2.52. The van der Waals surface area contributed by atoms with Gasteiger partial charge in [-0.2, -0.15) is 0 Å². The minimum absolute atomic E-state index is 0.0292. The number of fused-ring (bicyclic) bond motifs is 1. The van der Waals surface area contributed by atoms with Gasteiger partial charge in [0, 0.05) is 17.5 Å². The van der Waals surface area contributed by atoms with E-state index < -0.39 is 18.0 Å².